The van der Waals surface area contributed by atoms with E-state index in [1.165, 1.54) is 11.3 Å². The minimum absolute atomic E-state index is 0.212. The van der Waals surface area contributed by atoms with Gasteiger partial charge in [-0.3, -0.25) is 14.5 Å². The molecule has 1 aromatic carbocycles. The van der Waals surface area contributed by atoms with Gasteiger partial charge in [0.15, 0.2) is 0 Å². The molecule has 2 amide bonds. The molecule has 0 fully saturated rings. The average Bonchev–Trinajstić information content (AvgIpc) is 2.85. The highest BCUT2D eigenvalue weighted by molar-refractivity contribution is 7.10. The minimum atomic E-state index is -0.212. The van der Waals surface area contributed by atoms with E-state index in [0.717, 1.165) is 15.3 Å². The molecule has 0 saturated heterocycles. The van der Waals surface area contributed by atoms with E-state index in [1.54, 1.807) is 12.1 Å². The number of imide groups is 1. The highest BCUT2D eigenvalue weighted by atomic mass is 32.1. The molecule has 2 rings (SSSR count). The Morgan fingerprint density at radius 3 is 2.56 bits per heavy atom. The summed E-state index contributed by atoms with van der Waals surface area (Å²) in [6.07, 6.45) is 0.824. The van der Waals surface area contributed by atoms with Crippen molar-refractivity contribution in [3.8, 4) is 0 Å². The molecule has 0 bridgehead atoms. The fourth-order valence-electron chi connectivity index (χ4n) is 1.62. The average molecular weight is 259 g/mol. The van der Waals surface area contributed by atoms with Gasteiger partial charge in [-0.1, -0.05) is 23.8 Å². The Hall–Kier alpha value is -1.94. The SMILES string of the molecule is Cc1ccc(N(C=O)C(=O)Cc2cccs2)cc1. The van der Waals surface area contributed by atoms with E-state index in [1.807, 2.05) is 36.6 Å². The first-order valence-electron chi connectivity index (χ1n) is 5.57. The summed E-state index contributed by atoms with van der Waals surface area (Å²) in [5.74, 6) is -0.212. The number of aryl methyl sites for hydroxylation is 1. The van der Waals surface area contributed by atoms with Gasteiger partial charge in [-0.2, -0.15) is 0 Å². The molecule has 1 aromatic heterocycles. The number of hydrogen-bond acceptors (Lipinski definition) is 3. The van der Waals surface area contributed by atoms with Crippen molar-refractivity contribution in [1.29, 1.82) is 0 Å². The molecule has 0 atom stereocenters. The smallest absolute Gasteiger partial charge is 0.238 e. The molecule has 0 aliphatic rings. The van der Waals surface area contributed by atoms with Crippen LogP contribution in [0.2, 0.25) is 0 Å². The molecule has 0 unspecified atom stereocenters. The van der Waals surface area contributed by atoms with Gasteiger partial charge in [-0.25, -0.2) is 0 Å². The molecule has 0 spiro atoms. The topological polar surface area (TPSA) is 37.4 Å². The van der Waals surface area contributed by atoms with E-state index in [2.05, 4.69) is 0 Å². The van der Waals surface area contributed by atoms with Crippen LogP contribution in [0.25, 0.3) is 0 Å². The van der Waals surface area contributed by atoms with Crippen LogP contribution in [-0.2, 0) is 16.0 Å². The number of anilines is 1. The zero-order chi connectivity index (χ0) is 13.0. The van der Waals surface area contributed by atoms with Crippen LogP contribution >= 0.6 is 11.3 Å². The van der Waals surface area contributed by atoms with E-state index < -0.39 is 0 Å². The summed E-state index contributed by atoms with van der Waals surface area (Å²) < 4.78 is 0. The third-order valence-electron chi connectivity index (χ3n) is 2.59. The van der Waals surface area contributed by atoms with Crippen LogP contribution in [0.15, 0.2) is 41.8 Å². The Morgan fingerprint density at radius 1 is 1.28 bits per heavy atom. The molecule has 4 heteroatoms. The second-order valence-corrected chi connectivity index (χ2v) is 4.99. The normalized spacial score (nSPS) is 10.1. The molecule has 0 radical (unpaired) electrons. The van der Waals surface area contributed by atoms with Gasteiger partial charge in [0.05, 0.1) is 12.1 Å². The van der Waals surface area contributed by atoms with Crippen molar-refractivity contribution in [3.05, 3.63) is 52.2 Å². The summed E-state index contributed by atoms with van der Waals surface area (Å²) in [7, 11) is 0. The predicted octanol–water partition coefficient (Wildman–Crippen LogP) is 2.79. The third-order valence-corrected chi connectivity index (χ3v) is 3.47. The second kappa shape index (κ2) is 5.60. The number of thiophene rings is 1. The zero-order valence-electron chi connectivity index (χ0n) is 10.00. The van der Waals surface area contributed by atoms with Gasteiger partial charge in [-0.05, 0) is 30.5 Å². The number of carbonyl (C=O) groups excluding carboxylic acids is 2. The fraction of sp³-hybridized carbons (Fsp3) is 0.143. The maximum absolute atomic E-state index is 12.0. The number of nitrogens with zero attached hydrogens (tertiary/aromatic N) is 1. The van der Waals surface area contributed by atoms with Gasteiger partial charge in [-0.15, -0.1) is 11.3 Å². The van der Waals surface area contributed by atoms with Crippen LogP contribution in [0, 0.1) is 6.92 Å². The second-order valence-electron chi connectivity index (χ2n) is 3.96. The van der Waals surface area contributed by atoms with Crippen molar-refractivity contribution in [2.24, 2.45) is 0 Å². The Labute approximate surface area is 110 Å². The molecule has 0 saturated carbocycles. The molecule has 1 heterocycles. The van der Waals surface area contributed by atoms with Crippen molar-refractivity contribution in [2.75, 3.05) is 4.90 Å². The summed E-state index contributed by atoms with van der Waals surface area (Å²) >= 11 is 1.51. The van der Waals surface area contributed by atoms with Crippen LogP contribution in [0.4, 0.5) is 5.69 Å². The van der Waals surface area contributed by atoms with Crippen LogP contribution in [0.5, 0.6) is 0 Å². The van der Waals surface area contributed by atoms with E-state index in [9.17, 15) is 9.59 Å². The fourth-order valence-corrected chi connectivity index (χ4v) is 2.31. The number of hydrogen-bond donors (Lipinski definition) is 0. The summed E-state index contributed by atoms with van der Waals surface area (Å²) in [6.45, 7) is 1.96. The van der Waals surface area contributed by atoms with Gasteiger partial charge in [0.1, 0.15) is 0 Å². The third kappa shape index (κ3) is 2.84. The van der Waals surface area contributed by atoms with Gasteiger partial charge in [0.25, 0.3) is 0 Å². The largest absolute Gasteiger partial charge is 0.278 e. The van der Waals surface area contributed by atoms with Crippen molar-refractivity contribution >= 4 is 29.3 Å². The summed E-state index contributed by atoms with van der Waals surface area (Å²) in [5, 5.41) is 1.92. The van der Waals surface area contributed by atoms with Gasteiger partial charge in [0, 0.05) is 4.88 Å². The lowest BCUT2D eigenvalue weighted by molar-refractivity contribution is -0.121. The first kappa shape index (κ1) is 12.5. The summed E-state index contributed by atoms with van der Waals surface area (Å²) in [5.41, 5.74) is 1.70. The van der Waals surface area contributed by atoms with Crippen LogP contribution < -0.4 is 4.90 Å². The van der Waals surface area contributed by atoms with Crippen molar-refractivity contribution in [1.82, 2.24) is 0 Å². The Balaban J connectivity index is 2.15. The maximum Gasteiger partial charge on any atom is 0.238 e. The number of amides is 2. The first-order chi connectivity index (χ1) is 8.70. The summed E-state index contributed by atoms with van der Waals surface area (Å²) in [6, 6.07) is 11.1. The van der Waals surface area contributed by atoms with Gasteiger partial charge >= 0.3 is 0 Å². The number of rotatable bonds is 4. The molecular weight excluding hydrogens is 246 g/mol. The van der Waals surface area contributed by atoms with Crippen molar-refractivity contribution in [3.63, 3.8) is 0 Å². The predicted molar refractivity (Wildman–Crippen MR) is 72.8 cm³/mol. The molecule has 0 N–H and O–H groups in total. The molecule has 0 aliphatic carbocycles. The Bertz CT molecular complexity index is 531. The molecule has 0 aliphatic heterocycles. The highest BCUT2D eigenvalue weighted by Crippen LogP contribution is 2.16. The number of benzene rings is 1. The lowest BCUT2D eigenvalue weighted by Gasteiger charge is -2.15. The van der Waals surface area contributed by atoms with Gasteiger partial charge < -0.3 is 0 Å². The van der Waals surface area contributed by atoms with E-state index >= 15 is 0 Å². The molecule has 3 nitrogen and oxygen atoms in total. The molecule has 2 aromatic rings. The molecule has 18 heavy (non-hydrogen) atoms. The molecule has 92 valence electrons. The highest BCUT2D eigenvalue weighted by Gasteiger charge is 2.15. The van der Waals surface area contributed by atoms with E-state index in [-0.39, 0.29) is 12.3 Å². The van der Waals surface area contributed by atoms with Crippen molar-refractivity contribution < 1.29 is 9.59 Å². The van der Waals surface area contributed by atoms with Crippen LogP contribution in [-0.4, -0.2) is 12.3 Å². The van der Waals surface area contributed by atoms with Crippen LogP contribution in [0.1, 0.15) is 10.4 Å². The summed E-state index contributed by atoms with van der Waals surface area (Å²) in [4.78, 5) is 25.2. The minimum Gasteiger partial charge on any atom is -0.278 e. The van der Waals surface area contributed by atoms with Crippen molar-refractivity contribution in [2.45, 2.75) is 13.3 Å². The van der Waals surface area contributed by atoms with E-state index in [0.29, 0.717) is 12.1 Å². The van der Waals surface area contributed by atoms with Gasteiger partial charge in [0.2, 0.25) is 12.3 Å². The van der Waals surface area contributed by atoms with E-state index in [4.69, 9.17) is 0 Å². The standard InChI is InChI=1S/C14H13NO2S/c1-11-4-6-12(7-5-11)15(10-16)14(17)9-13-3-2-8-18-13/h2-8,10H,9H2,1H3. The van der Waals surface area contributed by atoms with Crippen LogP contribution in [0.3, 0.4) is 0 Å². The first-order valence-corrected chi connectivity index (χ1v) is 6.45. The molecular formula is C14H13NO2S. The quantitative estimate of drug-likeness (QED) is 0.792. The maximum atomic E-state index is 12.0. The number of carbonyl (C=O) groups is 2. The zero-order valence-corrected chi connectivity index (χ0v) is 10.8. The lowest BCUT2D eigenvalue weighted by atomic mass is 10.2. The monoisotopic (exact) mass is 259 g/mol. The Morgan fingerprint density at radius 2 is 2.00 bits per heavy atom. The lowest BCUT2D eigenvalue weighted by Crippen LogP contribution is -2.30. The Kier molecular flexibility index (Phi) is 3.89.